The lowest BCUT2D eigenvalue weighted by molar-refractivity contribution is -0.117. The largest absolute Gasteiger partial charge is 0.398 e. The minimum atomic E-state index is -0.0243. The van der Waals surface area contributed by atoms with Gasteiger partial charge in [-0.3, -0.25) is 9.69 Å². The molecule has 0 atom stereocenters. The summed E-state index contributed by atoms with van der Waals surface area (Å²) in [6.45, 7) is 4.70. The van der Waals surface area contributed by atoms with Crippen molar-refractivity contribution in [2.24, 2.45) is 0 Å². The fraction of sp³-hybridized carbons (Fsp3) is 0.333. The summed E-state index contributed by atoms with van der Waals surface area (Å²) in [7, 11) is 0. The Balaban J connectivity index is 1.61. The molecular formula is C15H19N5O. The minimum absolute atomic E-state index is 0.0243. The number of imidazole rings is 1. The zero-order chi connectivity index (χ0) is 14.8. The number of amides is 1. The van der Waals surface area contributed by atoms with Crippen molar-refractivity contribution in [3.05, 3.63) is 42.0 Å². The smallest absolute Gasteiger partial charge is 0.238 e. The Bertz CT molecular complexity index is 664. The Morgan fingerprint density at radius 1 is 1.43 bits per heavy atom. The fourth-order valence-corrected chi connectivity index (χ4v) is 2.54. The Morgan fingerprint density at radius 3 is 3.14 bits per heavy atom. The van der Waals surface area contributed by atoms with Gasteiger partial charge in [0.05, 0.1) is 13.1 Å². The van der Waals surface area contributed by atoms with E-state index in [9.17, 15) is 4.79 Å². The normalized spacial score (nSPS) is 14.7. The minimum Gasteiger partial charge on any atom is -0.398 e. The van der Waals surface area contributed by atoms with Crippen LogP contribution in [0.25, 0.3) is 0 Å². The first kappa shape index (κ1) is 13.6. The maximum atomic E-state index is 12.2. The molecule has 2 heterocycles. The molecule has 1 amide bonds. The topological polar surface area (TPSA) is 76.2 Å². The molecule has 6 nitrogen and oxygen atoms in total. The second-order valence-electron chi connectivity index (χ2n) is 5.32. The molecule has 0 aliphatic carbocycles. The standard InChI is InChI=1S/C15H19N5O/c1-11-12(16)3-2-4-13(11)18-15(21)10-19-7-8-20-6-5-17-14(20)9-19/h2-6H,7-10,16H2,1H3,(H,18,21). The molecular weight excluding hydrogens is 266 g/mol. The number of hydrogen-bond acceptors (Lipinski definition) is 4. The number of carbonyl (C=O) groups is 1. The van der Waals surface area contributed by atoms with Crippen LogP contribution in [0.1, 0.15) is 11.4 Å². The number of rotatable bonds is 3. The van der Waals surface area contributed by atoms with Crippen LogP contribution in [0.5, 0.6) is 0 Å². The Hall–Kier alpha value is -2.34. The molecule has 110 valence electrons. The summed E-state index contributed by atoms with van der Waals surface area (Å²) in [5.41, 5.74) is 8.22. The third-order valence-electron chi connectivity index (χ3n) is 3.84. The number of nitrogens with zero attached hydrogens (tertiary/aromatic N) is 3. The first-order chi connectivity index (χ1) is 10.1. The van der Waals surface area contributed by atoms with Gasteiger partial charge in [-0.05, 0) is 24.6 Å². The summed E-state index contributed by atoms with van der Waals surface area (Å²) >= 11 is 0. The van der Waals surface area contributed by atoms with Gasteiger partial charge in [-0.2, -0.15) is 0 Å². The van der Waals surface area contributed by atoms with Crippen molar-refractivity contribution in [3.8, 4) is 0 Å². The van der Waals surface area contributed by atoms with E-state index in [-0.39, 0.29) is 5.91 Å². The van der Waals surface area contributed by atoms with E-state index in [4.69, 9.17) is 5.73 Å². The summed E-state index contributed by atoms with van der Waals surface area (Å²) < 4.78 is 2.12. The van der Waals surface area contributed by atoms with Gasteiger partial charge in [0.2, 0.25) is 5.91 Å². The molecule has 3 rings (SSSR count). The van der Waals surface area contributed by atoms with Crippen LogP contribution in [0.2, 0.25) is 0 Å². The van der Waals surface area contributed by atoms with Gasteiger partial charge in [-0.15, -0.1) is 0 Å². The van der Waals surface area contributed by atoms with E-state index in [0.29, 0.717) is 18.8 Å². The number of aromatic nitrogens is 2. The van der Waals surface area contributed by atoms with Crippen molar-refractivity contribution < 1.29 is 4.79 Å². The van der Waals surface area contributed by atoms with Gasteiger partial charge >= 0.3 is 0 Å². The molecule has 0 spiro atoms. The van der Waals surface area contributed by atoms with Crippen LogP contribution in [0.3, 0.4) is 0 Å². The van der Waals surface area contributed by atoms with Gasteiger partial charge in [0.25, 0.3) is 0 Å². The quantitative estimate of drug-likeness (QED) is 0.832. The lowest BCUT2D eigenvalue weighted by atomic mass is 10.1. The molecule has 2 aromatic rings. The third kappa shape index (κ3) is 2.90. The molecule has 1 aliphatic rings. The van der Waals surface area contributed by atoms with E-state index in [1.54, 1.807) is 6.20 Å². The number of fused-ring (bicyclic) bond motifs is 1. The van der Waals surface area contributed by atoms with Crippen LogP contribution in [0, 0.1) is 6.92 Å². The van der Waals surface area contributed by atoms with Crippen molar-refractivity contribution in [1.82, 2.24) is 14.5 Å². The van der Waals surface area contributed by atoms with Crippen molar-refractivity contribution in [1.29, 1.82) is 0 Å². The fourth-order valence-electron chi connectivity index (χ4n) is 2.54. The highest BCUT2D eigenvalue weighted by atomic mass is 16.2. The van der Waals surface area contributed by atoms with Crippen LogP contribution in [-0.2, 0) is 17.9 Å². The Morgan fingerprint density at radius 2 is 2.29 bits per heavy atom. The van der Waals surface area contributed by atoms with Crippen molar-refractivity contribution in [3.63, 3.8) is 0 Å². The van der Waals surface area contributed by atoms with Crippen molar-refractivity contribution in [2.45, 2.75) is 20.0 Å². The summed E-state index contributed by atoms with van der Waals surface area (Å²) in [4.78, 5) is 18.6. The number of carbonyl (C=O) groups excluding carboxylic acids is 1. The lowest BCUT2D eigenvalue weighted by Crippen LogP contribution is -2.39. The second kappa shape index (κ2) is 5.57. The highest BCUT2D eigenvalue weighted by molar-refractivity contribution is 5.93. The molecule has 0 saturated heterocycles. The van der Waals surface area contributed by atoms with Crippen molar-refractivity contribution >= 4 is 17.3 Å². The molecule has 0 saturated carbocycles. The van der Waals surface area contributed by atoms with Gasteiger partial charge < -0.3 is 15.6 Å². The lowest BCUT2D eigenvalue weighted by Gasteiger charge is -2.26. The summed E-state index contributed by atoms with van der Waals surface area (Å²) in [5, 5.41) is 2.93. The molecule has 1 aromatic carbocycles. The summed E-state index contributed by atoms with van der Waals surface area (Å²) in [5.74, 6) is 0.984. The van der Waals surface area contributed by atoms with Crippen LogP contribution in [-0.4, -0.2) is 33.4 Å². The van der Waals surface area contributed by atoms with Gasteiger partial charge in [0, 0.05) is 36.9 Å². The number of nitrogen functional groups attached to an aromatic ring is 1. The summed E-state index contributed by atoms with van der Waals surface area (Å²) in [6, 6.07) is 5.54. The van der Waals surface area contributed by atoms with Gasteiger partial charge in [-0.1, -0.05) is 6.07 Å². The number of nitrogens with one attached hydrogen (secondary N) is 1. The molecule has 0 bridgehead atoms. The van der Waals surface area contributed by atoms with E-state index in [2.05, 4.69) is 19.8 Å². The van der Waals surface area contributed by atoms with Crippen LogP contribution >= 0.6 is 0 Å². The highest BCUT2D eigenvalue weighted by Gasteiger charge is 2.19. The zero-order valence-corrected chi connectivity index (χ0v) is 12.0. The Labute approximate surface area is 123 Å². The molecule has 1 aromatic heterocycles. The SMILES string of the molecule is Cc1c(N)cccc1NC(=O)CN1CCn2ccnc2C1. The average Bonchev–Trinajstić information content (AvgIpc) is 2.91. The monoisotopic (exact) mass is 285 g/mol. The zero-order valence-electron chi connectivity index (χ0n) is 12.0. The van der Waals surface area contributed by atoms with E-state index in [1.165, 1.54) is 0 Å². The highest BCUT2D eigenvalue weighted by Crippen LogP contribution is 2.20. The van der Waals surface area contributed by atoms with E-state index in [1.807, 2.05) is 31.3 Å². The predicted molar refractivity (Wildman–Crippen MR) is 81.7 cm³/mol. The third-order valence-corrected chi connectivity index (χ3v) is 3.84. The molecule has 21 heavy (non-hydrogen) atoms. The molecule has 6 heteroatoms. The number of anilines is 2. The van der Waals surface area contributed by atoms with E-state index < -0.39 is 0 Å². The first-order valence-electron chi connectivity index (χ1n) is 7.01. The molecule has 0 radical (unpaired) electrons. The molecule has 0 unspecified atom stereocenters. The van der Waals surface area contributed by atoms with Crippen LogP contribution in [0.4, 0.5) is 11.4 Å². The molecule has 3 N–H and O–H groups in total. The molecule has 0 fully saturated rings. The van der Waals surface area contributed by atoms with Crippen molar-refractivity contribution in [2.75, 3.05) is 24.1 Å². The van der Waals surface area contributed by atoms with Crippen LogP contribution in [0.15, 0.2) is 30.6 Å². The van der Waals surface area contributed by atoms with Gasteiger partial charge in [0.1, 0.15) is 5.82 Å². The van der Waals surface area contributed by atoms with Gasteiger partial charge in [-0.25, -0.2) is 4.98 Å². The maximum absolute atomic E-state index is 12.2. The predicted octanol–water partition coefficient (Wildman–Crippen LogP) is 1.23. The van der Waals surface area contributed by atoms with E-state index in [0.717, 1.165) is 30.2 Å². The number of benzene rings is 1. The second-order valence-corrected chi connectivity index (χ2v) is 5.32. The van der Waals surface area contributed by atoms with E-state index >= 15 is 0 Å². The summed E-state index contributed by atoms with van der Waals surface area (Å²) in [6.07, 6.45) is 3.78. The molecule has 1 aliphatic heterocycles. The number of nitrogens with two attached hydrogens (primary N) is 1. The number of hydrogen-bond donors (Lipinski definition) is 2. The average molecular weight is 285 g/mol. The van der Waals surface area contributed by atoms with Gasteiger partial charge in [0.15, 0.2) is 0 Å². The maximum Gasteiger partial charge on any atom is 0.238 e. The first-order valence-corrected chi connectivity index (χ1v) is 7.01. The Kier molecular flexibility index (Phi) is 3.62. The van der Waals surface area contributed by atoms with Crippen LogP contribution < -0.4 is 11.1 Å².